The number of fused-ring (bicyclic) bond motifs is 2. The maximum atomic E-state index is 13.8. The van der Waals surface area contributed by atoms with Crippen LogP contribution in [-0.4, -0.2) is 34.8 Å². The fourth-order valence-corrected chi connectivity index (χ4v) is 11.0. The van der Waals surface area contributed by atoms with Crippen molar-refractivity contribution in [2.24, 2.45) is 0 Å². The Morgan fingerprint density at radius 3 is 2.17 bits per heavy atom. The Balaban J connectivity index is 1.78. The summed E-state index contributed by atoms with van der Waals surface area (Å²) in [5, 5.41) is 0.577. The third kappa shape index (κ3) is 4.52. The van der Waals surface area contributed by atoms with Crippen LogP contribution in [0, 0.1) is 6.92 Å². The Hall–Kier alpha value is -3.36. The lowest BCUT2D eigenvalue weighted by molar-refractivity contribution is 0.0262. The topological polar surface area (TPSA) is 80.3 Å². The number of Topliss-reactive ketones (excluding diaryl/α,β-unsaturated/α-hetero) is 1. The molecule has 5 rings (SSSR count). The number of ether oxygens (including phenoxy) is 3. The van der Waals surface area contributed by atoms with Crippen molar-refractivity contribution in [3.8, 4) is 23.0 Å². The number of aldehydes is 1. The van der Waals surface area contributed by atoms with Crippen LogP contribution in [0.15, 0.2) is 30.3 Å². The molecule has 1 atom stereocenters. The van der Waals surface area contributed by atoms with Crippen molar-refractivity contribution >= 4 is 31.4 Å². The molecule has 1 heterocycles. The minimum absolute atomic E-state index is 0.0220. The molecule has 1 aliphatic heterocycles. The molecule has 41 heavy (non-hydrogen) atoms. The van der Waals surface area contributed by atoms with E-state index in [1.807, 2.05) is 37.3 Å². The molecule has 3 aromatic rings. The molecule has 0 saturated carbocycles. The van der Waals surface area contributed by atoms with E-state index in [0.29, 0.717) is 58.8 Å². The summed E-state index contributed by atoms with van der Waals surface area (Å²) >= 11 is 0. The van der Waals surface area contributed by atoms with Crippen LogP contribution in [0.5, 0.6) is 23.0 Å². The Bertz CT molecular complexity index is 1510. The number of ketones is 1. The van der Waals surface area contributed by atoms with Crippen LogP contribution >= 0.6 is 0 Å². The van der Waals surface area contributed by atoms with E-state index in [1.54, 1.807) is 14.2 Å². The summed E-state index contributed by atoms with van der Waals surface area (Å²) < 4.78 is 31.9. The second-order valence-electron chi connectivity index (χ2n) is 13.1. The van der Waals surface area contributed by atoms with Crippen LogP contribution < -0.4 is 18.3 Å². The summed E-state index contributed by atoms with van der Waals surface area (Å²) in [4.78, 5) is 26.3. The first-order valence-corrected chi connectivity index (χ1v) is 15.9. The Morgan fingerprint density at radius 1 is 0.976 bits per heavy atom. The van der Waals surface area contributed by atoms with Gasteiger partial charge in [-0.2, -0.15) is 0 Å². The average molecular weight is 577 g/mol. The first-order valence-electron chi connectivity index (χ1n) is 14.1. The highest BCUT2D eigenvalue weighted by atomic mass is 28.4. The Morgan fingerprint density at radius 2 is 1.61 bits per heavy atom. The minimum Gasteiger partial charge on any atom is -0.510 e. The number of hydrogen-bond acceptors (Lipinski definition) is 7. The van der Waals surface area contributed by atoms with Crippen molar-refractivity contribution in [2.75, 3.05) is 14.2 Å². The fourth-order valence-electron chi connectivity index (χ4n) is 6.53. The number of hydrogen-bond donors (Lipinski definition) is 0. The summed E-state index contributed by atoms with van der Waals surface area (Å²) in [5.74, 6) is 2.30. The number of methoxy groups -OCH3 is 2. The largest absolute Gasteiger partial charge is 0.510 e. The van der Waals surface area contributed by atoms with Gasteiger partial charge in [0.25, 0.3) is 0 Å². The molecule has 8 heteroatoms. The molecule has 0 N–H and O–H groups in total. The van der Waals surface area contributed by atoms with Gasteiger partial charge in [0.15, 0.2) is 12.1 Å². The highest BCUT2D eigenvalue weighted by molar-refractivity contribution is 6.75. The van der Waals surface area contributed by atoms with Crippen molar-refractivity contribution < 1.29 is 32.7 Å². The van der Waals surface area contributed by atoms with E-state index in [2.05, 4.69) is 41.5 Å². The van der Waals surface area contributed by atoms with Crippen LogP contribution in [0.1, 0.15) is 97.9 Å². The van der Waals surface area contributed by atoms with Gasteiger partial charge in [0, 0.05) is 27.4 Å². The number of benzene rings is 3. The third-order valence-electron chi connectivity index (χ3n) is 8.37. The lowest BCUT2D eigenvalue weighted by Gasteiger charge is -2.51. The van der Waals surface area contributed by atoms with Gasteiger partial charge in [0.05, 0.1) is 43.4 Å². The van der Waals surface area contributed by atoms with Crippen LogP contribution in [0.2, 0.25) is 10.1 Å². The second-order valence-corrected chi connectivity index (χ2v) is 17.7. The van der Waals surface area contributed by atoms with Crippen LogP contribution in [0.4, 0.5) is 0 Å². The zero-order chi connectivity index (χ0) is 29.9. The molecule has 7 nitrogen and oxygen atoms in total. The first-order chi connectivity index (χ1) is 19.3. The molecule has 0 fully saturated rings. The monoisotopic (exact) mass is 576 g/mol. The van der Waals surface area contributed by atoms with E-state index < -0.39 is 18.6 Å². The number of carbonyl (C=O) groups is 2. The van der Waals surface area contributed by atoms with Crippen LogP contribution in [0.25, 0.3) is 10.8 Å². The molecule has 1 aliphatic carbocycles. The minimum atomic E-state index is -3.21. The quantitative estimate of drug-likeness (QED) is 0.217. The number of rotatable bonds is 6. The summed E-state index contributed by atoms with van der Waals surface area (Å²) in [6, 6.07) is 9.68. The fraction of sp³-hybridized carbons (Fsp3) is 0.455. The van der Waals surface area contributed by atoms with Crippen LogP contribution in [0.3, 0.4) is 0 Å². The van der Waals surface area contributed by atoms with Gasteiger partial charge in [-0.15, -0.1) is 0 Å². The zero-order valence-corrected chi connectivity index (χ0v) is 26.5. The van der Waals surface area contributed by atoms with Gasteiger partial charge in [-0.05, 0) is 42.7 Å². The van der Waals surface area contributed by atoms with Crippen molar-refractivity contribution in [1.29, 1.82) is 0 Å². The Labute approximate surface area is 243 Å². The highest BCUT2D eigenvalue weighted by Gasteiger charge is 2.64. The maximum Gasteiger partial charge on any atom is 0.471 e. The van der Waals surface area contributed by atoms with Gasteiger partial charge >= 0.3 is 8.56 Å². The molecule has 0 bridgehead atoms. The van der Waals surface area contributed by atoms with Crippen molar-refractivity contribution in [3.05, 3.63) is 58.1 Å². The smallest absolute Gasteiger partial charge is 0.471 e. The van der Waals surface area contributed by atoms with E-state index in [-0.39, 0.29) is 11.9 Å². The van der Waals surface area contributed by atoms with Crippen molar-refractivity contribution in [1.82, 2.24) is 0 Å². The third-order valence-corrected chi connectivity index (χ3v) is 13.3. The average Bonchev–Trinajstić information content (AvgIpc) is 2.91. The van der Waals surface area contributed by atoms with E-state index in [0.717, 1.165) is 28.5 Å². The number of carbonyl (C=O) groups excluding carboxylic acids is 2. The normalized spacial score (nSPS) is 17.9. The lowest BCUT2D eigenvalue weighted by Crippen LogP contribution is -2.63. The van der Waals surface area contributed by atoms with Gasteiger partial charge in [0.2, 0.25) is 0 Å². The van der Waals surface area contributed by atoms with Gasteiger partial charge in [-0.1, -0.05) is 53.7 Å². The van der Waals surface area contributed by atoms with Gasteiger partial charge < -0.3 is 23.1 Å². The molecule has 0 aromatic heterocycles. The molecule has 0 spiro atoms. The van der Waals surface area contributed by atoms with Crippen molar-refractivity contribution in [3.63, 3.8) is 0 Å². The predicted octanol–water partition coefficient (Wildman–Crippen LogP) is 8.03. The summed E-state index contributed by atoms with van der Waals surface area (Å²) in [7, 11) is 0.0373. The Kier molecular flexibility index (Phi) is 7.23. The van der Waals surface area contributed by atoms with E-state index >= 15 is 0 Å². The molecule has 0 amide bonds. The maximum absolute atomic E-state index is 13.8. The van der Waals surface area contributed by atoms with E-state index in [4.69, 9.17) is 23.1 Å². The van der Waals surface area contributed by atoms with Crippen molar-refractivity contribution in [2.45, 2.75) is 84.1 Å². The number of aryl methyl sites for hydroxylation is 1. The molecule has 0 unspecified atom stereocenters. The lowest BCUT2D eigenvalue weighted by atomic mass is 9.83. The molecular weight excluding hydrogens is 536 g/mol. The summed E-state index contributed by atoms with van der Waals surface area (Å²) in [5.41, 5.74) is 3.44. The highest BCUT2D eigenvalue weighted by Crippen LogP contribution is 2.61. The van der Waals surface area contributed by atoms with Crippen LogP contribution in [-0.2, 0) is 11.3 Å². The van der Waals surface area contributed by atoms with Gasteiger partial charge in [-0.25, -0.2) is 0 Å². The van der Waals surface area contributed by atoms with E-state index in [1.165, 1.54) is 0 Å². The molecule has 218 valence electrons. The molecule has 2 aliphatic rings. The molecular formula is C33H40O7Si. The standard InChI is InChI=1S/C33H40O7Si/c1-19-16-22-26-30(23(19)17-34)39-41(32(2,3)4,33(5,6)7)40-31(26)27-24(35)14-15-25(28(27)29(22)37-9)38-18-20-10-12-21(36-8)13-11-20/h10-13,16-17,25H,14-15,18H2,1-9H3/t25-/m1/s1. The van der Waals surface area contributed by atoms with Gasteiger partial charge in [-0.3, -0.25) is 9.59 Å². The van der Waals surface area contributed by atoms with Gasteiger partial charge in [0.1, 0.15) is 23.0 Å². The summed E-state index contributed by atoms with van der Waals surface area (Å²) in [6.45, 7) is 14.9. The summed E-state index contributed by atoms with van der Waals surface area (Å²) in [6.07, 6.45) is 1.30. The second kappa shape index (κ2) is 10.2. The zero-order valence-electron chi connectivity index (χ0n) is 25.5. The SMILES string of the molecule is COc1ccc(CO[C@@H]2CCC(=O)c3c2c(OC)c2cc(C)c(C=O)c4c2c3O[Si](C(C)(C)C)(C(C)(C)C)O4)cc1. The molecule has 3 aromatic carbocycles. The predicted molar refractivity (Wildman–Crippen MR) is 161 cm³/mol. The molecule has 0 radical (unpaired) electrons. The first kappa shape index (κ1) is 29.1. The van der Waals surface area contributed by atoms with E-state index in [9.17, 15) is 9.59 Å². The molecule has 0 saturated heterocycles.